The number of nitrogens with zero attached hydrogens (tertiary/aromatic N) is 4. The third-order valence-corrected chi connectivity index (χ3v) is 6.75. The Labute approximate surface area is 219 Å². The van der Waals surface area contributed by atoms with Gasteiger partial charge < -0.3 is 25.1 Å². The van der Waals surface area contributed by atoms with Crippen LogP contribution in [0.4, 0.5) is 5.69 Å². The van der Waals surface area contributed by atoms with Crippen molar-refractivity contribution in [3.05, 3.63) is 60.2 Å². The molecule has 0 radical (unpaired) electrons. The Morgan fingerprint density at radius 3 is 2.24 bits per heavy atom. The first-order valence-corrected chi connectivity index (χ1v) is 11.9. The van der Waals surface area contributed by atoms with Gasteiger partial charge in [-0.3, -0.25) is 9.79 Å². The van der Waals surface area contributed by atoms with Crippen LogP contribution in [0, 0.1) is 5.92 Å². The van der Waals surface area contributed by atoms with Crippen molar-refractivity contribution in [2.75, 3.05) is 57.8 Å². The average molecular weight is 578 g/mol. The number of piperazine rings is 1. The quantitative estimate of drug-likeness (QED) is 0.325. The smallest absolute Gasteiger partial charge is 0.241 e. The monoisotopic (exact) mass is 577 g/mol. The predicted octanol–water partition coefficient (Wildman–Crippen LogP) is 3.19. The molecule has 2 aromatic carbocycles. The number of likely N-dealkylation sites (tertiary alicyclic amines) is 1. The number of para-hydroxylation sites is 2. The van der Waals surface area contributed by atoms with Crippen molar-refractivity contribution in [2.45, 2.75) is 19.3 Å². The minimum atomic E-state index is 0. The molecule has 0 atom stereocenters. The SMILES string of the molecule is CN=C(NCC(=O)N1CCC(Cc2ccccc2)CC1)N1CCN(c2ccccc2O)CC1.I. The van der Waals surface area contributed by atoms with Gasteiger partial charge in [0, 0.05) is 46.3 Å². The summed E-state index contributed by atoms with van der Waals surface area (Å²) in [6.07, 6.45) is 3.22. The van der Waals surface area contributed by atoms with Gasteiger partial charge in [-0.05, 0) is 42.9 Å². The minimum absolute atomic E-state index is 0. The van der Waals surface area contributed by atoms with Gasteiger partial charge in [-0.15, -0.1) is 24.0 Å². The van der Waals surface area contributed by atoms with Crippen LogP contribution in [0.3, 0.4) is 0 Å². The summed E-state index contributed by atoms with van der Waals surface area (Å²) in [6, 6.07) is 18.1. The van der Waals surface area contributed by atoms with Crippen molar-refractivity contribution in [1.29, 1.82) is 0 Å². The zero-order chi connectivity index (χ0) is 23.0. The maximum absolute atomic E-state index is 12.8. The number of aliphatic imine (C=N–C) groups is 1. The molecule has 2 N–H and O–H groups in total. The van der Waals surface area contributed by atoms with Gasteiger partial charge in [-0.25, -0.2) is 0 Å². The number of benzene rings is 2. The van der Waals surface area contributed by atoms with Crippen LogP contribution in [0.5, 0.6) is 5.75 Å². The van der Waals surface area contributed by atoms with E-state index in [4.69, 9.17) is 0 Å². The molecule has 0 saturated carbocycles. The number of guanidine groups is 1. The van der Waals surface area contributed by atoms with E-state index in [1.54, 1.807) is 13.1 Å². The Morgan fingerprint density at radius 1 is 0.941 bits per heavy atom. The molecule has 0 unspecified atom stereocenters. The molecule has 34 heavy (non-hydrogen) atoms. The fourth-order valence-corrected chi connectivity index (χ4v) is 4.82. The van der Waals surface area contributed by atoms with Gasteiger partial charge >= 0.3 is 0 Å². The Bertz CT molecular complexity index is 939. The highest BCUT2D eigenvalue weighted by atomic mass is 127. The van der Waals surface area contributed by atoms with Crippen LogP contribution < -0.4 is 10.2 Å². The molecule has 7 nitrogen and oxygen atoms in total. The number of carbonyl (C=O) groups excluding carboxylic acids is 1. The summed E-state index contributed by atoms with van der Waals surface area (Å²) in [5, 5.41) is 13.4. The van der Waals surface area contributed by atoms with Crippen molar-refractivity contribution in [3.8, 4) is 5.75 Å². The van der Waals surface area contributed by atoms with Crippen LogP contribution in [-0.4, -0.2) is 79.6 Å². The molecule has 2 aliphatic heterocycles. The first-order chi connectivity index (χ1) is 16.1. The number of phenols is 1. The number of piperidine rings is 1. The minimum Gasteiger partial charge on any atom is -0.506 e. The number of rotatable bonds is 5. The van der Waals surface area contributed by atoms with Crippen molar-refractivity contribution >= 4 is 41.5 Å². The van der Waals surface area contributed by atoms with E-state index >= 15 is 0 Å². The zero-order valence-electron chi connectivity index (χ0n) is 19.9. The topological polar surface area (TPSA) is 71.4 Å². The molecule has 2 aliphatic rings. The van der Waals surface area contributed by atoms with Crippen LogP contribution in [0.1, 0.15) is 18.4 Å². The first kappa shape index (κ1) is 26.1. The van der Waals surface area contributed by atoms with E-state index in [1.807, 2.05) is 23.1 Å². The number of carbonyl (C=O) groups is 1. The van der Waals surface area contributed by atoms with Gasteiger partial charge in [0.25, 0.3) is 0 Å². The lowest BCUT2D eigenvalue weighted by Crippen LogP contribution is -2.54. The van der Waals surface area contributed by atoms with E-state index in [1.165, 1.54) is 5.56 Å². The molecule has 0 aliphatic carbocycles. The van der Waals surface area contributed by atoms with Crippen molar-refractivity contribution < 1.29 is 9.90 Å². The summed E-state index contributed by atoms with van der Waals surface area (Å²) in [4.78, 5) is 23.5. The van der Waals surface area contributed by atoms with Crippen LogP contribution in [0.2, 0.25) is 0 Å². The van der Waals surface area contributed by atoms with E-state index < -0.39 is 0 Å². The molecule has 4 rings (SSSR count). The molecule has 2 heterocycles. The molecule has 2 saturated heterocycles. The first-order valence-electron chi connectivity index (χ1n) is 11.9. The molecule has 2 aromatic rings. The average Bonchev–Trinajstić information content (AvgIpc) is 2.86. The summed E-state index contributed by atoms with van der Waals surface area (Å²) in [7, 11) is 1.76. The van der Waals surface area contributed by atoms with Crippen molar-refractivity contribution in [2.24, 2.45) is 10.9 Å². The van der Waals surface area contributed by atoms with Crippen molar-refractivity contribution in [3.63, 3.8) is 0 Å². The summed E-state index contributed by atoms with van der Waals surface area (Å²) >= 11 is 0. The highest BCUT2D eigenvalue weighted by molar-refractivity contribution is 14.0. The number of amides is 1. The number of anilines is 1. The van der Waals surface area contributed by atoms with E-state index in [0.29, 0.717) is 11.7 Å². The summed E-state index contributed by atoms with van der Waals surface area (Å²) in [5.41, 5.74) is 2.25. The maximum Gasteiger partial charge on any atom is 0.241 e. The van der Waals surface area contributed by atoms with Crippen LogP contribution >= 0.6 is 24.0 Å². The van der Waals surface area contributed by atoms with Gasteiger partial charge in [0.2, 0.25) is 5.91 Å². The number of nitrogens with one attached hydrogen (secondary N) is 1. The van der Waals surface area contributed by atoms with E-state index in [2.05, 4.69) is 50.4 Å². The normalized spacial score (nSPS) is 17.3. The molecular formula is C26H36IN5O2. The third-order valence-electron chi connectivity index (χ3n) is 6.75. The molecule has 8 heteroatoms. The Morgan fingerprint density at radius 2 is 1.59 bits per heavy atom. The number of phenolic OH excluding ortho intramolecular Hbond substituents is 1. The van der Waals surface area contributed by atoms with Gasteiger partial charge in [0.15, 0.2) is 5.96 Å². The third kappa shape index (κ3) is 6.77. The van der Waals surface area contributed by atoms with Gasteiger partial charge in [0.1, 0.15) is 5.75 Å². The molecule has 0 bridgehead atoms. The molecule has 1 amide bonds. The molecule has 0 aromatic heterocycles. The Balaban J connectivity index is 0.00000324. The summed E-state index contributed by atoms with van der Waals surface area (Å²) in [5.74, 6) is 1.87. The zero-order valence-corrected chi connectivity index (χ0v) is 22.2. The van der Waals surface area contributed by atoms with Crippen LogP contribution in [-0.2, 0) is 11.2 Å². The second kappa shape index (κ2) is 12.8. The van der Waals surface area contributed by atoms with Crippen molar-refractivity contribution in [1.82, 2.24) is 15.1 Å². The largest absolute Gasteiger partial charge is 0.506 e. The lowest BCUT2D eigenvalue weighted by Gasteiger charge is -2.38. The maximum atomic E-state index is 12.8. The number of hydrogen-bond donors (Lipinski definition) is 2. The molecule has 0 spiro atoms. The number of hydrogen-bond acceptors (Lipinski definition) is 4. The Kier molecular flexibility index (Phi) is 9.86. The number of aromatic hydroxyl groups is 1. The van der Waals surface area contributed by atoms with Crippen LogP contribution in [0.25, 0.3) is 0 Å². The van der Waals surface area contributed by atoms with Crippen LogP contribution in [0.15, 0.2) is 59.6 Å². The molecule has 2 fully saturated rings. The van der Waals surface area contributed by atoms with Gasteiger partial charge in [-0.1, -0.05) is 42.5 Å². The highest BCUT2D eigenvalue weighted by Gasteiger charge is 2.25. The van der Waals surface area contributed by atoms with Gasteiger partial charge in [0.05, 0.1) is 12.2 Å². The molecular weight excluding hydrogens is 541 g/mol. The standard InChI is InChI=1S/C26H35N5O2.HI/c1-27-26(31-17-15-29(16-18-31)23-9-5-6-10-24(23)32)28-20-25(33)30-13-11-22(12-14-30)19-21-7-3-2-4-8-21;/h2-10,22,32H,11-20H2,1H3,(H,27,28);1H. The number of halogens is 1. The lowest BCUT2D eigenvalue weighted by atomic mass is 9.90. The fraction of sp³-hybridized carbons (Fsp3) is 0.462. The fourth-order valence-electron chi connectivity index (χ4n) is 4.82. The second-order valence-electron chi connectivity index (χ2n) is 8.88. The summed E-state index contributed by atoms with van der Waals surface area (Å²) in [6.45, 7) is 5.09. The van der Waals surface area contributed by atoms with E-state index in [9.17, 15) is 9.90 Å². The Hall–Kier alpha value is -2.49. The van der Waals surface area contributed by atoms with Gasteiger partial charge in [-0.2, -0.15) is 0 Å². The second-order valence-corrected chi connectivity index (χ2v) is 8.88. The highest BCUT2D eigenvalue weighted by Crippen LogP contribution is 2.27. The summed E-state index contributed by atoms with van der Waals surface area (Å²) < 4.78 is 0. The predicted molar refractivity (Wildman–Crippen MR) is 148 cm³/mol. The lowest BCUT2D eigenvalue weighted by molar-refractivity contribution is -0.131. The van der Waals surface area contributed by atoms with E-state index in [-0.39, 0.29) is 36.4 Å². The molecule has 184 valence electrons. The van der Waals surface area contributed by atoms with E-state index in [0.717, 1.165) is 70.2 Å².